The number of rotatable bonds is 7. The largest absolute Gasteiger partial charge is 0.465 e. The number of anilines is 2. The molecular weight excluding hydrogens is 376 g/mol. The van der Waals surface area contributed by atoms with Crippen LogP contribution in [0.15, 0.2) is 53.4 Å². The third kappa shape index (κ3) is 5.13. The summed E-state index contributed by atoms with van der Waals surface area (Å²) in [7, 11) is 1.30. The normalized spacial score (nSPS) is 14.1. The number of methoxy groups -OCH3 is 1. The highest BCUT2D eigenvalue weighted by Gasteiger charge is 2.29. The molecule has 1 atom stereocenters. The van der Waals surface area contributed by atoms with Gasteiger partial charge in [0.2, 0.25) is 11.8 Å². The van der Waals surface area contributed by atoms with E-state index in [1.165, 1.54) is 18.9 Å². The van der Waals surface area contributed by atoms with Crippen LogP contribution in [0.4, 0.5) is 11.4 Å². The molecule has 2 aromatic rings. The van der Waals surface area contributed by atoms with Crippen LogP contribution in [-0.4, -0.2) is 30.1 Å². The molecule has 3 rings (SSSR count). The van der Waals surface area contributed by atoms with Crippen LogP contribution in [0.1, 0.15) is 30.1 Å². The Balaban J connectivity index is 1.58. The molecule has 0 radical (unpaired) electrons. The van der Waals surface area contributed by atoms with Gasteiger partial charge in [0.05, 0.1) is 23.6 Å². The van der Waals surface area contributed by atoms with Crippen LogP contribution in [0.25, 0.3) is 0 Å². The van der Waals surface area contributed by atoms with E-state index in [-0.39, 0.29) is 23.0 Å². The topological polar surface area (TPSA) is 84.5 Å². The quantitative estimate of drug-likeness (QED) is 0.545. The van der Waals surface area contributed by atoms with Gasteiger partial charge in [-0.3, -0.25) is 9.59 Å². The minimum atomic E-state index is -0.500. The SMILES string of the molecule is COC(=O)c1ccccc1NC(=O)C(C)Sc1ccc(NC(=O)C2CC2)cc1. The fourth-order valence-corrected chi connectivity index (χ4v) is 3.45. The molecular formula is C21H22N2O4S. The monoisotopic (exact) mass is 398 g/mol. The summed E-state index contributed by atoms with van der Waals surface area (Å²) in [4.78, 5) is 37.1. The van der Waals surface area contributed by atoms with E-state index in [1.54, 1.807) is 31.2 Å². The first kappa shape index (κ1) is 19.9. The first-order valence-corrected chi connectivity index (χ1v) is 9.91. The van der Waals surface area contributed by atoms with Gasteiger partial charge in [-0.05, 0) is 56.2 Å². The van der Waals surface area contributed by atoms with Gasteiger partial charge < -0.3 is 15.4 Å². The highest BCUT2D eigenvalue weighted by molar-refractivity contribution is 8.00. The maximum Gasteiger partial charge on any atom is 0.339 e. The van der Waals surface area contributed by atoms with Crippen molar-refractivity contribution in [3.05, 3.63) is 54.1 Å². The van der Waals surface area contributed by atoms with Crippen molar-refractivity contribution >= 4 is 40.9 Å². The van der Waals surface area contributed by atoms with Crippen molar-refractivity contribution in [3.8, 4) is 0 Å². The van der Waals surface area contributed by atoms with Gasteiger partial charge in [0.15, 0.2) is 0 Å². The number of nitrogens with one attached hydrogen (secondary N) is 2. The van der Waals surface area contributed by atoms with Crippen LogP contribution in [0.3, 0.4) is 0 Å². The van der Waals surface area contributed by atoms with Crippen molar-refractivity contribution in [2.45, 2.75) is 29.9 Å². The third-order valence-electron chi connectivity index (χ3n) is 4.34. The molecule has 0 aromatic heterocycles. The number of hydrogen-bond donors (Lipinski definition) is 2. The molecule has 2 aromatic carbocycles. The van der Waals surface area contributed by atoms with Crippen LogP contribution in [0, 0.1) is 5.92 Å². The molecule has 6 nitrogen and oxygen atoms in total. The Kier molecular flexibility index (Phi) is 6.36. The van der Waals surface area contributed by atoms with Gasteiger partial charge >= 0.3 is 5.97 Å². The molecule has 0 heterocycles. The molecule has 2 amide bonds. The van der Waals surface area contributed by atoms with E-state index >= 15 is 0 Å². The highest BCUT2D eigenvalue weighted by atomic mass is 32.2. The lowest BCUT2D eigenvalue weighted by Crippen LogP contribution is -2.23. The summed E-state index contributed by atoms with van der Waals surface area (Å²) in [6.45, 7) is 1.80. The van der Waals surface area contributed by atoms with E-state index in [0.29, 0.717) is 11.3 Å². The zero-order chi connectivity index (χ0) is 20.1. The van der Waals surface area contributed by atoms with E-state index in [1.807, 2.05) is 24.3 Å². The molecule has 1 unspecified atom stereocenters. The van der Waals surface area contributed by atoms with Crippen molar-refractivity contribution in [1.82, 2.24) is 0 Å². The summed E-state index contributed by atoms with van der Waals surface area (Å²) in [5.74, 6) is -0.490. The number of thioether (sulfide) groups is 1. The van der Waals surface area contributed by atoms with E-state index in [9.17, 15) is 14.4 Å². The molecule has 0 aliphatic heterocycles. The van der Waals surface area contributed by atoms with Crippen LogP contribution < -0.4 is 10.6 Å². The molecule has 1 aliphatic carbocycles. The number of benzene rings is 2. The Morgan fingerprint density at radius 1 is 1.04 bits per heavy atom. The van der Waals surface area contributed by atoms with E-state index in [4.69, 9.17) is 4.74 Å². The number of esters is 1. The van der Waals surface area contributed by atoms with Crippen molar-refractivity contribution in [1.29, 1.82) is 0 Å². The lowest BCUT2D eigenvalue weighted by Gasteiger charge is -2.14. The van der Waals surface area contributed by atoms with Crippen molar-refractivity contribution in [2.24, 2.45) is 5.92 Å². The lowest BCUT2D eigenvalue weighted by molar-refractivity contribution is -0.117. The molecule has 1 aliphatic rings. The first-order valence-electron chi connectivity index (χ1n) is 9.03. The third-order valence-corrected chi connectivity index (χ3v) is 5.45. The van der Waals surface area contributed by atoms with Crippen LogP contribution in [0.5, 0.6) is 0 Å². The van der Waals surface area contributed by atoms with Gasteiger partial charge in [-0.1, -0.05) is 12.1 Å². The van der Waals surface area contributed by atoms with Crippen LogP contribution in [0.2, 0.25) is 0 Å². The molecule has 0 spiro atoms. The maximum absolute atomic E-state index is 12.5. The molecule has 146 valence electrons. The summed E-state index contributed by atoms with van der Waals surface area (Å²) in [6.07, 6.45) is 1.93. The average molecular weight is 398 g/mol. The number of carbonyl (C=O) groups is 3. The predicted octanol–water partition coefficient (Wildman–Crippen LogP) is 3.94. The van der Waals surface area contributed by atoms with Crippen molar-refractivity contribution in [3.63, 3.8) is 0 Å². The summed E-state index contributed by atoms with van der Waals surface area (Å²) in [5.41, 5.74) is 1.49. The van der Waals surface area contributed by atoms with Gasteiger partial charge in [0, 0.05) is 16.5 Å². The zero-order valence-electron chi connectivity index (χ0n) is 15.7. The molecule has 0 bridgehead atoms. The van der Waals surface area contributed by atoms with Crippen molar-refractivity contribution in [2.75, 3.05) is 17.7 Å². The van der Waals surface area contributed by atoms with Gasteiger partial charge in [-0.15, -0.1) is 11.8 Å². The fraction of sp³-hybridized carbons (Fsp3) is 0.286. The molecule has 28 heavy (non-hydrogen) atoms. The van der Waals surface area contributed by atoms with Crippen LogP contribution >= 0.6 is 11.8 Å². The molecule has 2 N–H and O–H groups in total. The number of amides is 2. The molecule has 1 fully saturated rings. The maximum atomic E-state index is 12.5. The number of hydrogen-bond acceptors (Lipinski definition) is 5. The number of ether oxygens (including phenoxy) is 1. The second-order valence-electron chi connectivity index (χ2n) is 6.57. The van der Waals surface area contributed by atoms with Crippen molar-refractivity contribution < 1.29 is 19.1 Å². The van der Waals surface area contributed by atoms with Gasteiger partial charge in [-0.25, -0.2) is 4.79 Å². The zero-order valence-corrected chi connectivity index (χ0v) is 16.5. The lowest BCUT2D eigenvalue weighted by atomic mass is 10.2. The van der Waals surface area contributed by atoms with E-state index in [2.05, 4.69) is 10.6 Å². The van der Waals surface area contributed by atoms with E-state index < -0.39 is 5.97 Å². The molecule has 7 heteroatoms. The standard InChI is InChI=1S/C21H22N2O4S/c1-13(19(24)23-18-6-4-3-5-17(18)21(26)27-2)28-16-11-9-15(10-12-16)22-20(25)14-7-8-14/h3-6,9-14H,7-8H2,1-2H3,(H,22,25)(H,23,24). The Morgan fingerprint density at radius 2 is 1.71 bits per heavy atom. The van der Waals surface area contributed by atoms with Gasteiger partial charge in [0.1, 0.15) is 0 Å². The van der Waals surface area contributed by atoms with Crippen LogP contribution in [-0.2, 0) is 14.3 Å². The highest BCUT2D eigenvalue weighted by Crippen LogP contribution is 2.31. The summed E-state index contributed by atoms with van der Waals surface area (Å²) < 4.78 is 4.75. The smallest absolute Gasteiger partial charge is 0.339 e. The van der Waals surface area contributed by atoms with Gasteiger partial charge in [-0.2, -0.15) is 0 Å². The minimum Gasteiger partial charge on any atom is -0.465 e. The minimum absolute atomic E-state index is 0.0671. The summed E-state index contributed by atoms with van der Waals surface area (Å²) >= 11 is 1.40. The molecule has 1 saturated carbocycles. The Bertz CT molecular complexity index is 878. The Hall–Kier alpha value is -2.80. The number of carbonyl (C=O) groups excluding carboxylic acids is 3. The van der Waals surface area contributed by atoms with Gasteiger partial charge in [0.25, 0.3) is 0 Å². The Labute approximate surface area is 168 Å². The average Bonchev–Trinajstić information content (AvgIpc) is 3.54. The summed E-state index contributed by atoms with van der Waals surface area (Å²) in [6, 6.07) is 14.1. The predicted molar refractivity (Wildman–Crippen MR) is 110 cm³/mol. The summed E-state index contributed by atoms with van der Waals surface area (Å²) in [5, 5.41) is 5.30. The number of para-hydroxylation sites is 1. The second-order valence-corrected chi connectivity index (χ2v) is 7.99. The second kappa shape index (κ2) is 8.93. The first-order chi connectivity index (χ1) is 13.5. The Morgan fingerprint density at radius 3 is 2.36 bits per heavy atom. The van der Waals surface area contributed by atoms with E-state index in [0.717, 1.165) is 23.4 Å². The molecule has 0 saturated heterocycles. The fourth-order valence-electron chi connectivity index (χ4n) is 2.58.